The van der Waals surface area contributed by atoms with Gasteiger partial charge in [-0.1, -0.05) is 18.2 Å². The predicted molar refractivity (Wildman–Crippen MR) is 121 cm³/mol. The van der Waals surface area contributed by atoms with Gasteiger partial charge >= 0.3 is 7.60 Å². The molecule has 2 fully saturated rings. The number of aromatic nitrogens is 1. The first-order valence-electron chi connectivity index (χ1n) is 10.6. The molecule has 0 radical (unpaired) electrons. The summed E-state index contributed by atoms with van der Waals surface area (Å²) in [6, 6.07) is 9.48. The van der Waals surface area contributed by atoms with Crippen LogP contribution < -0.4 is 4.74 Å². The Morgan fingerprint density at radius 2 is 1.91 bits per heavy atom. The van der Waals surface area contributed by atoms with Crippen LogP contribution in [0, 0.1) is 0 Å². The first-order valence-corrected chi connectivity index (χ1v) is 14.3. The highest BCUT2D eigenvalue weighted by Gasteiger charge is 2.64. The van der Waals surface area contributed by atoms with E-state index >= 15 is 0 Å². The Morgan fingerprint density at radius 3 is 2.52 bits per heavy atom. The molecule has 178 valence electrons. The second-order valence-corrected chi connectivity index (χ2v) is 13.3. The Balaban J connectivity index is 1.46. The molecule has 1 aromatic heterocycles. The van der Waals surface area contributed by atoms with Gasteiger partial charge in [-0.3, -0.25) is 23.2 Å². The van der Waals surface area contributed by atoms with E-state index in [9.17, 15) is 19.1 Å². The molecule has 9 nitrogen and oxygen atoms in total. The number of hydrogen-bond donors (Lipinski definition) is 2. The highest BCUT2D eigenvalue weighted by molar-refractivity contribution is 7.75. The van der Waals surface area contributed by atoms with E-state index in [0.717, 1.165) is 32.3 Å². The van der Waals surface area contributed by atoms with Crippen molar-refractivity contribution in [3.8, 4) is 5.75 Å². The summed E-state index contributed by atoms with van der Waals surface area (Å²) in [6.07, 6.45) is 5.43. The molecular weight excluding hydrogens is 468 g/mol. The number of benzene rings is 1. The van der Waals surface area contributed by atoms with Gasteiger partial charge in [0.15, 0.2) is 6.29 Å². The summed E-state index contributed by atoms with van der Waals surface area (Å²) in [4.78, 5) is 14.5. The van der Waals surface area contributed by atoms with E-state index in [2.05, 4.69) is 11.6 Å². The minimum absolute atomic E-state index is 0.114. The van der Waals surface area contributed by atoms with E-state index in [1.54, 1.807) is 36.4 Å². The topological polar surface area (TPSA) is 124 Å². The van der Waals surface area contributed by atoms with Gasteiger partial charge in [-0.05, 0) is 56.0 Å². The molecule has 2 N–H and O–H groups in total. The van der Waals surface area contributed by atoms with Crippen molar-refractivity contribution in [3.05, 3.63) is 72.4 Å². The van der Waals surface area contributed by atoms with Crippen LogP contribution in [-0.4, -0.2) is 32.8 Å². The smallest absolute Gasteiger partial charge is 0.372 e. The van der Waals surface area contributed by atoms with Gasteiger partial charge in [-0.2, -0.15) is 0 Å². The molecule has 1 aliphatic carbocycles. The van der Waals surface area contributed by atoms with Gasteiger partial charge in [0, 0.05) is 31.0 Å². The summed E-state index contributed by atoms with van der Waals surface area (Å²) in [5.74, 6) is 0.635. The van der Waals surface area contributed by atoms with Crippen molar-refractivity contribution in [2.75, 3.05) is 6.66 Å². The number of ether oxygens (including phenoxy) is 2. The third kappa shape index (κ3) is 5.09. The van der Waals surface area contributed by atoms with Crippen LogP contribution in [0.1, 0.15) is 43.1 Å². The molecule has 2 aromatic rings. The zero-order valence-electron chi connectivity index (χ0n) is 18.2. The summed E-state index contributed by atoms with van der Waals surface area (Å²) in [7, 11) is -8.84. The zero-order chi connectivity index (χ0) is 23.7. The molecule has 2 heterocycles. The third-order valence-electron chi connectivity index (χ3n) is 5.79. The van der Waals surface area contributed by atoms with Crippen molar-refractivity contribution in [1.82, 2.24) is 4.98 Å². The maximum atomic E-state index is 13.3. The first kappa shape index (κ1) is 24.1. The summed E-state index contributed by atoms with van der Waals surface area (Å²) >= 11 is 0. The van der Waals surface area contributed by atoms with Crippen LogP contribution in [0.3, 0.4) is 0 Å². The van der Waals surface area contributed by atoms with E-state index in [0.29, 0.717) is 16.9 Å². The third-order valence-corrected chi connectivity index (χ3v) is 11.2. The minimum Gasteiger partial charge on any atom is -0.462 e. The lowest BCUT2D eigenvalue weighted by molar-refractivity contribution is -0.0439. The second kappa shape index (κ2) is 9.34. The highest BCUT2D eigenvalue weighted by Crippen LogP contribution is 2.79. The van der Waals surface area contributed by atoms with Gasteiger partial charge in [-0.15, -0.1) is 0 Å². The summed E-state index contributed by atoms with van der Waals surface area (Å²) < 4.78 is 48.4. The van der Waals surface area contributed by atoms with Crippen molar-refractivity contribution in [1.29, 1.82) is 0 Å². The lowest BCUT2D eigenvalue weighted by atomic mass is 10.2. The van der Waals surface area contributed by atoms with Crippen molar-refractivity contribution >= 4 is 15.0 Å². The molecule has 0 spiro atoms. The molecule has 1 saturated carbocycles. The fourth-order valence-electron chi connectivity index (χ4n) is 3.91. The lowest BCUT2D eigenvalue weighted by Crippen LogP contribution is -2.37. The zero-order valence-corrected chi connectivity index (χ0v) is 20.0. The molecule has 2 aliphatic rings. The maximum absolute atomic E-state index is 13.3. The molecule has 1 aromatic carbocycles. The molecule has 0 amide bonds. The molecule has 4 atom stereocenters. The number of nitrogens with zero attached hydrogens (tertiary/aromatic N) is 1. The van der Waals surface area contributed by atoms with E-state index in [-0.39, 0.29) is 12.0 Å². The Morgan fingerprint density at radius 1 is 1.21 bits per heavy atom. The molecule has 4 rings (SSSR count). The summed E-state index contributed by atoms with van der Waals surface area (Å²) in [6.45, 7) is 4.91. The van der Waals surface area contributed by atoms with Crippen LogP contribution in [0.15, 0.2) is 61.3 Å². The fraction of sp³-hybridized carbons (Fsp3) is 0.409. The van der Waals surface area contributed by atoms with Crippen LogP contribution >= 0.6 is 15.0 Å². The largest absolute Gasteiger partial charge is 0.462 e. The molecule has 11 heteroatoms. The van der Waals surface area contributed by atoms with Crippen molar-refractivity contribution in [3.63, 3.8) is 0 Å². The number of rotatable bonds is 7. The summed E-state index contributed by atoms with van der Waals surface area (Å²) in [5.41, 5.74) is 0.757. The minimum atomic E-state index is -4.79. The first-order chi connectivity index (χ1) is 15.6. The van der Waals surface area contributed by atoms with Gasteiger partial charge < -0.3 is 19.5 Å². The van der Waals surface area contributed by atoms with E-state index in [1.807, 2.05) is 0 Å². The Labute approximate surface area is 192 Å². The monoisotopic (exact) mass is 495 g/mol. The van der Waals surface area contributed by atoms with Crippen LogP contribution in [-0.2, 0) is 29.3 Å². The molecular formula is C22H27NO8P2. The van der Waals surface area contributed by atoms with E-state index < -0.39 is 32.8 Å². The molecule has 1 aliphatic heterocycles. The van der Waals surface area contributed by atoms with Crippen molar-refractivity contribution in [2.24, 2.45) is 0 Å². The van der Waals surface area contributed by atoms with Gasteiger partial charge in [0.25, 0.3) is 5.95 Å². The molecule has 0 bridgehead atoms. The van der Waals surface area contributed by atoms with Gasteiger partial charge in [0.2, 0.25) is 12.5 Å². The van der Waals surface area contributed by atoms with Gasteiger partial charge in [0.05, 0.1) is 0 Å². The Kier molecular flexibility index (Phi) is 6.83. The van der Waals surface area contributed by atoms with Crippen LogP contribution in [0.25, 0.3) is 0 Å². The standard InChI is InChI=1S/C22H27NO8P2/c1-16(28-19-7-3-4-8-19)29-20-11-9-18(10-12-20)21-30-32(2,25)22(24,33(26,27)31-21)14-17-6-5-13-23-15-17/h5-6,9-13,15,19,21,24H,1,3-4,7-8,14H2,2H3,(H,26,27). The Hall–Kier alpha value is -1.99. The molecule has 1 saturated heterocycles. The fourth-order valence-corrected chi connectivity index (χ4v) is 8.24. The van der Waals surface area contributed by atoms with Crippen LogP contribution in [0.4, 0.5) is 0 Å². The number of pyridine rings is 1. The van der Waals surface area contributed by atoms with E-state index in [1.165, 1.54) is 12.4 Å². The van der Waals surface area contributed by atoms with Crippen molar-refractivity contribution < 1.29 is 37.7 Å². The average Bonchev–Trinajstić information content (AvgIpc) is 3.26. The second-order valence-electron chi connectivity index (χ2n) is 8.29. The summed E-state index contributed by atoms with van der Waals surface area (Å²) in [5, 5.41) is 8.41. The molecule has 4 unspecified atom stereocenters. The highest BCUT2D eigenvalue weighted by atomic mass is 31.2. The Bertz CT molecular complexity index is 1060. The van der Waals surface area contributed by atoms with Crippen molar-refractivity contribution in [2.45, 2.75) is 49.6 Å². The number of aliphatic hydroxyl groups is 1. The van der Waals surface area contributed by atoms with Gasteiger partial charge in [-0.25, -0.2) is 0 Å². The van der Waals surface area contributed by atoms with Crippen LogP contribution in [0.2, 0.25) is 0 Å². The number of hydrogen-bond acceptors (Lipinski definition) is 8. The average molecular weight is 495 g/mol. The normalized spacial score (nSPS) is 32.4. The predicted octanol–water partition coefficient (Wildman–Crippen LogP) is 4.92. The quantitative estimate of drug-likeness (QED) is 0.407. The van der Waals surface area contributed by atoms with Crippen LogP contribution in [0.5, 0.6) is 5.75 Å². The SMILES string of the molecule is C=C(Oc1ccc(C2OP(C)(=O)C(O)(Cc3cccnc3)P(=O)(O)O2)cc1)OC1CCCC1. The van der Waals surface area contributed by atoms with Gasteiger partial charge in [0.1, 0.15) is 11.9 Å². The lowest BCUT2D eigenvalue weighted by Gasteiger charge is -2.43. The van der Waals surface area contributed by atoms with E-state index in [4.69, 9.17) is 18.5 Å². The maximum Gasteiger partial charge on any atom is 0.372 e. The molecule has 33 heavy (non-hydrogen) atoms.